The van der Waals surface area contributed by atoms with Crippen molar-refractivity contribution in [2.24, 2.45) is 11.1 Å². The number of hydrogen-bond acceptors (Lipinski definition) is 3. The van der Waals surface area contributed by atoms with E-state index >= 15 is 0 Å². The number of anilines is 1. The van der Waals surface area contributed by atoms with Crippen LogP contribution in [0.3, 0.4) is 0 Å². The standard InChI is InChI=1S/C13H15IN2O3/c14-8-2-3-10(9(6-8)11(17)18)16-12(19)13(7-15)4-1-5-13/h2-3,6H,1,4-5,7,15H2,(H,16,19)(H,17,18). The number of carbonyl (C=O) groups excluding carboxylic acids is 1. The zero-order valence-electron chi connectivity index (χ0n) is 10.3. The van der Waals surface area contributed by atoms with Gasteiger partial charge in [-0.15, -0.1) is 0 Å². The van der Waals surface area contributed by atoms with Gasteiger partial charge in [-0.05, 0) is 53.6 Å². The first-order chi connectivity index (χ1) is 8.98. The lowest BCUT2D eigenvalue weighted by Crippen LogP contribution is -2.47. The molecule has 0 bridgehead atoms. The van der Waals surface area contributed by atoms with Gasteiger partial charge in [0.1, 0.15) is 0 Å². The summed E-state index contributed by atoms with van der Waals surface area (Å²) in [6, 6.07) is 4.92. The molecular weight excluding hydrogens is 359 g/mol. The lowest BCUT2D eigenvalue weighted by molar-refractivity contribution is -0.129. The second-order valence-corrected chi connectivity index (χ2v) is 6.03. The van der Waals surface area contributed by atoms with Crippen molar-refractivity contribution in [2.75, 3.05) is 11.9 Å². The number of carboxylic acid groups (broad SMARTS) is 1. The fourth-order valence-corrected chi connectivity index (χ4v) is 2.68. The van der Waals surface area contributed by atoms with Gasteiger partial charge in [0.25, 0.3) is 0 Å². The molecule has 1 saturated carbocycles. The van der Waals surface area contributed by atoms with Gasteiger partial charge in [0, 0.05) is 10.1 Å². The van der Waals surface area contributed by atoms with E-state index in [1.807, 2.05) is 22.6 Å². The highest BCUT2D eigenvalue weighted by Crippen LogP contribution is 2.41. The van der Waals surface area contributed by atoms with Crippen molar-refractivity contribution >= 4 is 40.2 Å². The molecule has 1 aliphatic carbocycles. The van der Waals surface area contributed by atoms with Crippen LogP contribution >= 0.6 is 22.6 Å². The Labute approximate surface area is 124 Å². The molecule has 1 aliphatic rings. The number of nitrogens with one attached hydrogen (secondary N) is 1. The number of aromatic carboxylic acids is 1. The molecule has 0 aromatic heterocycles. The second kappa shape index (κ2) is 5.46. The molecule has 2 rings (SSSR count). The normalized spacial score (nSPS) is 16.5. The van der Waals surface area contributed by atoms with E-state index in [0.717, 1.165) is 22.8 Å². The number of benzene rings is 1. The number of halogens is 1. The van der Waals surface area contributed by atoms with Crippen LogP contribution in [0.2, 0.25) is 0 Å². The van der Waals surface area contributed by atoms with E-state index in [9.17, 15) is 9.59 Å². The van der Waals surface area contributed by atoms with Gasteiger partial charge in [0.2, 0.25) is 5.91 Å². The summed E-state index contributed by atoms with van der Waals surface area (Å²) in [4.78, 5) is 23.4. The quantitative estimate of drug-likeness (QED) is 0.704. The maximum atomic E-state index is 12.2. The summed E-state index contributed by atoms with van der Waals surface area (Å²) in [5.74, 6) is -1.23. The Hall–Kier alpha value is -1.15. The van der Waals surface area contributed by atoms with Crippen LogP contribution in [0.15, 0.2) is 18.2 Å². The van der Waals surface area contributed by atoms with Gasteiger partial charge in [-0.25, -0.2) is 4.79 Å². The van der Waals surface area contributed by atoms with Crippen LogP contribution < -0.4 is 11.1 Å². The number of carbonyl (C=O) groups is 2. The van der Waals surface area contributed by atoms with E-state index in [0.29, 0.717) is 12.2 Å². The molecule has 19 heavy (non-hydrogen) atoms. The largest absolute Gasteiger partial charge is 0.478 e. The maximum Gasteiger partial charge on any atom is 0.337 e. The molecular formula is C13H15IN2O3. The topological polar surface area (TPSA) is 92.4 Å². The first-order valence-electron chi connectivity index (χ1n) is 6.03. The van der Waals surface area contributed by atoms with E-state index in [4.69, 9.17) is 10.8 Å². The summed E-state index contributed by atoms with van der Waals surface area (Å²) in [7, 11) is 0. The first kappa shape index (κ1) is 14.3. The van der Waals surface area contributed by atoms with Gasteiger partial charge in [-0.3, -0.25) is 4.79 Å². The molecule has 0 radical (unpaired) electrons. The molecule has 0 saturated heterocycles. The molecule has 0 atom stereocenters. The van der Waals surface area contributed by atoms with Crippen LogP contribution in [0.5, 0.6) is 0 Å². The highest BCUT2D eigenvalue weighted by atomic mass is 127. The van der Waals surface area contributed by atoms with Crippen LogP contribution in [0.25, 0.3) is 0 Å². The maximum absolute atomic E-state index is 12.2. The Balaban J connectivity index is 2.24. The highest BCUT2D eigenvalue weighted by molar-refractivity contribution is 14.1. The monoisotopic (exact) mass is 374 g/mol. The van der Waals surface area contributed by atoms with Gasteiger partial charge < -0.3 is 16.2 Å². The zero-order chi connectivity index (χ0) is 14.0. The van der Waals surface area contributed by atoms with Crippen molar-refractivity contribution < 1.29 is 14.7 Å². The molecule has 1 aromatic carbocycles. The fourth-order valence-electron chi connectivity index (χ4n) is 2.18. The molecule has 0 spiro atoms. The molecule has 6 heteroatoms. The van der Waals surface area contributed by atoms with E-state index in [1.54, 1.807) is 12.1 Å². The average Bonchev–Trinajstić information content (AvgIpc) is 2.30. The Morgan fingerprint density at radius 2 is 2.11 bits per heavy atom. The molecule has 102 valence electrons. The second-order valence-electron chi connectivity index (χ2n) is 4.79. The minimum absolute atomic E-state index is 0.103. The van der Waals surface area contributed by atoms with Crippen molar-refractivity contribution in [3.8, 4) is 0 Å². The minimum Gasteiger partial charge on any atom is -0.478 e. The third-order valence-corrected chi connectivity index (χ3v) is 4.31. The predicted octanol–water partition coefficient (Wildman–Crippen LogP) is 2.06. The molecule has 4 N–H and O–H groups in total. The summed E-state index contributed by atoms with van der Waals surface area (Å²) in [6.07, 6.45) is 2.52. The van der Waals surface area contributed by atoms with Crippen molar-refractivity contribution in [3.05, 3.63) is 27.3 Å². The molecule has 1 amide bonds. The third-order valence-electron chi connectivity index (χ3n) is 3.64. The summed E-state index contributed by atoms with van der Waals surface area (Å²) >= 11 is 2.04. The number of nitrogens with two attached hydrogens (primary N) is 1. The smallest absolute Gasteiger partial charge is 0.337 e. The van der Waals surface area contributed by atoms with Crippen LogP contribution in [0.4, 0.5) is 5.69 Å². The van der Waals surface area contributed by atoms with Gasteiger partial charge >= 0.3 is 5.97 Å². The van der Waals surface area contributed by atoms with Crippen LogP contribution in [0, 0.1) is 8.99 Å². The van der Waals surface area contributed by atoms with Crippen molar-refractivity contribution in [2.45, 2.75) is 19.3 Å². The van der Waals surface area contributed by atoms with E-state index in [-0.39, 0.29) is 11.5 Å². The summed E-state index contributed by atoms with van der Waals surface area (Å²) in [5, 5.41) is 11.9. The third kappa shape index (κ3) is 2.74. The van der Waals surface area contributed by atoms with E-state index < -0.39 is 11.4 Å². The predicted molar refractivity (Wildman–Crippen MR) is 80.1 cm³/mol. The Bertz CT molecular complexity index is 521. The molecule has 1 aromatic rings. The van der Waals surface area contributed by atoms with Crippen LogP contribution in [-0.4, -0.2) is 23.5 Å². The van der Waals surface area contributed by atoms with Gasteiger partial charge in [-0.2, -0.15) is 0 Å². The minimum atomic E-state index is -1.05. The van der Waals surface area contributed by atoms with Crippen molar-refractivity contribution in [3.63, 3.8) is 0 Å². The Morgan fingerprint density at radius 3 is 2.58 bits per heavy atom. The summed E-state index contributed by atoms with van der Waals surface area (Å²) in [6.45, 7) is 0.297. The van der Waals surface area contributed by atoms with Crippen molar-refractivity contribution in [1.82, 2.24) is 0 Å². The Kier molecular flexibility index (Phi) is 4.10. The number of carboxylic acids is 1. The van der Waals surface area contributed by atoms with E-state index in [2.05, 4.69) is 5.32 Å². The zero-order valence-corrected chi connectivity index (χ0v) is 12.4. The average molecular weight is 374 g/mol. The number of amides is 1. The van der Waals surface area contributed by atoms with Gasteiger partial charge in [0.15, 0.2) is 0 Å². The van der Waals surface area contributed by atoms with Gasteiger partial charge in [0.05, 0.1) is 16.7 Å². The molecule has 5 nitrogen and oxygen atoms in total. The molecule has 0 unspecified atom stereocenters. The summed E-state index contributed by atoms with van der Waals surface area (Å²) in [5.41, 5.74) is 5.59. The highest BCUT2D eigenvalue weighted by Gasteiger charge is 2.43. The molecule has 1 fully saturated rings. The van der Waals surface area contributed by atoms with Crippen LogP contribution in [0.1, 0.15) is 29.6 Å². The Morgan fingerprint density at radius 1 is 1.42 bits per heavy atom. The number of rotatable bonds is 4. The SMILES string of the molecule is NCC1(C(=O)Nc2ccc(I)cc2C(=O)O)CCC1. The fraction of sp³-hybridized carbons (Fsp3) is 0.385. The molecule has 0 heterocycles. The number of hydrogen-bond donors (Lipinski definition) is 3. The van der Waals surface area contributed by atoms with Crippen LogP contribution in [-0.2, 0) is 4.79 Å². The lowest BCUT2D eigenvalue weighted by Gasteiger charge is -2.39. The van der Waals surface area contributed by atoms with E-state index in [1.165, 1.54) is 6.07 Å². The first-order valence-corrected chi connectivity index (χ1v) is 7.11. The lowest BCUT2D eigenvalue weighted by atomic mass is 9.68. The summed E-state index contributed by atoms with van der Waals surface area (Å²) < 4.78 is 0.810. The van der Waals surface area contributed by atoms with Crippen molar-refractivity contribution in [1.29, 1.82) is 0 Å². The van der Waals surface area contributed by atoms with Gasteiger partial charge in [-0.1, -0.05) is 6.42 Å². The molecule has 0 aliphatic heterocycles.